The van der Waals surface area contributed by atoms with E-state index >= 15 is 0 Å². The van der Waals surface area contributed by atoms with Crippen molar-refractivity contribution < 1.29 is 12.9 Å². The molecule has 2 aromatic rings. The molecule has 0 aromatic carbocycles. The monoisotopic (exact) mass is 300 g/mol. The van der Waals surface area contributed by atoms with E-state index in [1.165, 1.54) is 0 Å². The smallest absolute Gasteiger partial charge is 0.244 e. The maximum atomic E-state index is 12.2. The fourth-order valence-corrected chi connectivity index (χ4v) is 3.18. The number of hydrogen-bond acceptors (Lipinski definition) is 7. The van der Waals surface area contributed by atoms with E-state index in [0.717, 1.165) is 0 Å². The van der Waals surface area contributed by atoms with Crippen LogP contribution in [0.5, 0.6) is 0 Å². The number of aromatic nitrogens is 4. The molecule has 4 N–H and O–H groups in total. The average molecular weight is 300 g/mol. The number of nitrogens with two attached hydrogens (primary N) is 1. The van der Waals surface area contributed by atoms with Gasteiger partial charge >= 0.3 is 0 Å². The highest BCUT2D eigenvalue weighted by molar-refractivity contribution is 7.89. The van der Waals surface area contributed by atoms with Gasteiger partial charge in [-0.2, -0.15) is 10.1 Å². The van der Waals surface area contributed by atoms with Crippen LogP contribution in [0, 0.1) is 13.8 Å². The second kappa shape index (κ2) is 5.69. The van der Waals surface area contributed by atoms with Crippen LogP contribution in [0.15, 0.2) is 9.42 Å². The minimum Gasteiger partial charge on any atom is -0.340 e. The second-order valence-electron chi connectivity index (χ2n) is 4.21. The molecule has 0 fully saturated rings. The molecule has 20 heavy (non-hydrogen) atoms. The topological polar surface area (TPSA) is 140 Å². The van der Waals surface area contributed by atoms with Gasteiger partial charge in [0, 0.05) is 26.4 Å². The van der Waals surface area contributed by atoms with Crippen LogP contribution in [0.1, 0.15) is 23.1 Å². The van der Waals surface area contributed by atoms with E-state index in [0.29, 0.717) is 29.5 Å². The van der Waals surface area contributed by atoms with Gasteiger partial charge in [-0.25, -0.2) is 13.1 Å². The molecule has 0 aliphatic carbocycles. The fraction of sp³-hybridized carbons (Fsp3) is 0.500. The summed E-state index contributed by atoms with van der Waals surface area (Å²) in [5.74, 6) is 0.895. The van der Waals surface area contributed by atoms with Crippen molar-refractivity contribution in [3.05, 3.63) is 23.1 Å². The molecule has 9 nitrogen and oxygen atoms in total. The zero-order valence-electron chi connectivity index (χ0n) is 11.2. The summed E-state index contributed by atoms with van der Waals surface area (Å²) in [6, 6.07) is 0. The maximum Gasteiger partial charge on any atom is 0.244 e. The average Bonchev–Trinajstić information content (AvgIpc) is 2.95. The molecule has 2 aromatic heterocycles. The Labute approximate surface area is 116 Å². The van der Waals surface area contributed by atoms with Crippen molar-refractivity contribution in [1.29, 1.82) is 0 Å². The van der Waals surface area contributed by atoms with Crippen LogP contribution in [0.25, 0.3) is 0 Å². The molecule has 0 amide bonds. The van der Waals surface area contributed by atoms with E-state index < -0.39 is 10.0 Å². The van der Waals surface area contributed by atoms with Crippen molar-refractivity contribution in [2.45, 2.75) is 31.7 Å². The van der Waals surface area contributed by atoms with E-state index in [1.54, 1.807) is 13.8 Å². The number of aryl methyl sites for hydroxylation is 2. The van der Waals surface area contributed by atoms with Gasteiger partial charge in [-0.05, 0) is 6.92 Å². The van der Waals surface area contributed by atoms with Crippen molar-refractivity contribution in [1.82, 2.24) is 25.1 Å². The highest BCUT2D eigenvalue weighted by Crippen LogP contribution is 2.16. The first-order valence-corrected chi connectivity index (χ1v) is 7.45. The molecule has 2 rings (SSSR count). The first-order chi connectivity index (χ1) is 9.44. The molecule has 0 saturated heterocycles. The van der Waals surface area contributed by atoms with Crippen molar-refractivity contribution in [3.8, 4) is 0 Å². The summed E-state index contributed by atoms with van der Waals surface area (Å²) in [5.41, 5.74) is 6.24. The summed E-state index contributed by atoms with van der Waals surface area (Å²) >= 11 is 0. The first-order valence-electron chi connectivity index (χ1n) is 5.97. The van der Waals surface area contributed by atoms with Crippen molar-refractivity contribution in [2.75, 3.05) is 6.54 Å². The largest absolute Gasteiger partial charge is 0.340 e. The molecule has 0 bridgehead atoms. The molecule has 110 valence electrons. The van der Waals surface area contributed by atoms with Gasteiger partial charge in [0.1, 0.15) is 4.90 Å². The lowest BCUT2D eigenvalue weighted by Gasteiger charge is -2.06. The Bertz CT molecular complexity index is 690. The summed E-state index contributed by atoms with van der Waals surface area (Å²) in [6.07, 6.45) is 0.339. The third-order valence-electron chi connectivity index (χ3n) is 2.63. The van der Waals surface area contributed by atoms with Crippen LogP contribution >= 0.6 is 0 Å². The number of nitrogens with zero attached hydrogens (tertiary/aromatic N) is 3. The lowest BCUT2D eigenvalue weighted by atomic mass is 10.4. The van der Waals surface area contributed by atoms with Gasteiger partial charge in [0.25, 0.3) is 0 Å². The number of aromatic amines is 1. The molecule has 0 radical (unpaired) electrons. The lowest BCUT2D eigenvalue weighted by molar-refractivity contribution is 0.387. The van der Waals surface area contributed by atoms with Crippen LogP contribution < -0.4 is 10.5 Å². The third-order valence-corrected chi connectivity index (χ3v) is 4.30. The van der Waals surface area contributed by atoms with E-state index in [1.807, 2.05) is 0 Å². The van der Waals surface area contributed by atoms with Gasteiger partial charge in [0.2, 0.25) is 15.9 Å². The van der Waals surface area contributed by atoms with Crippen molar-refractivity contribution in [2.24, 2.45) is 5.73 Å². The van der Waals surface area contributed by atoms with Gasteiger partial charge in [0.15, 0.2) is 5.82 Å². The van der Waals surface area contributed by atoms with E-state index in [9.17, 15) is 8.42 Å². The SMILES string of the molecule is Cc1nc(CCNS(=O)(=O)c2c(CN)n[nH]c2C)no1. The van der Waals surface area contributed by atoms with Crippen LogP contribution in [0.2, 0.25) is 0 Å². The zero-order chi connectivity index (χ0) is 14.8. The lowest BCUT2D eigenvalue weighted by Crippen LogP contribution is -2.27. The molecular weight excluding hydrogens is 284 g/mol. The minimum atomic E-state index is -3.66. The summed E-state index contributed by atoms with van der Waals surface area (Å²) in [5, 5.41) is 10.2. The molecule has 0 unspecified atom stereocenters. The quantitative estimate of drug-likeness (QED) is 0.646. The van der Waals surface area contributed by atoms with Crippen LogP contribution in [0.3, 0.4) is 0 Å². The second-order valence-corrected chi connectivity index (χ2v) is 5.91. The summed E-state index contributed by atoms with van der Waals surface area (Å²) in [6.45, 7) is 3.51. The first kappa shape index (κ1) is 14.6. The standard InChI is InChI=1S/C10H16N6O3S/c1-6-10(8(5-11)15-14-6)20(17,18)12-4-3-9-13-7(2)19-16-9/h12H,3-5,11H2,1-2H3,(H,14,15). The highest BCUT2D eigenvalue weighted by Gasteiger charge is 2.23. The fourth-order valence-electron chi connectivity index (χ4n) is 1.78. The van der Waals surface area contributed by atoms with Gasteiger partial charge in [-0.3, -0.25) is 5.10 Å². The molecular formula is C10H16N6O3S. The summed E-state index contributed by atoms with van der Waals surface area (Å²) < 4.78 is 31.7. The molecule has 0 aliphatic rings. The Morgan fingerprint density at radius 3 is 2.75 bits per heavy atom. The Kier molecular flexibility index (Phi) is 4.16. The normalized spacial score (nSPS) is 11.9. The minimum absolute atomic E-state index is 0.0462. The van der Waals surface area contributed by atoms with Gasteiger partial charge in [0.05, 0.1) is 11.4 Å². The molecule has 10 heteroatoms. The van der Waals surface area contributed by atoms with Crippen molar-refractivity contribution in [3.63, 3.8) is 0 Å². The van der Waals surface area contributed by atoms with Gasteiger partial charge in [-0.15, -0.1) is 0 Å². The molecule has 0 spiro atoms. The molecule has 0 saturated carbocycles. The number of nitrogens with one attached hydrogen (secondary N) is 2. The molecule has 0 atom stereocenters. The molecule has 2 heterocycles. The van der Waals surface area contributed by atoms with E-state index in [2.05, 4.69) is 25.1 Å². The Balaban J connectivity index is 2.06. The zero-order valence-corrected chi connectivity index (χ0v) is 12.0. The third kappa shape index (κ3) is 3.03. The Hall–Kier alpha value is -1.78. The predicted octanol–water partition coefficient (Wildman–Crippen LogP) is -0.611. The highest BCUT2D eigenvalue weighted by atomic mass is 32.2. The number of hydrogen-bond donors (Lipinski definition) is 3. The van der Waals surface area contributed by atoms with Crippen molar-refractivity contribution >= 4 is 10.0 Å². The summed E-state index contributed by atoms with van der Waals surface area (Å²) in [7, 11) is -3.66. The Morgan fingerprint density at radius 2 is 2.15 bits per heavy atom. The summed E-state index contributed by atoms with van der Waals surface area (Å²) in [4.78, 5) is 4.09. The van der Waals surface area contributed by atoms with Crippen LogP contribution in [0.4, 0.5) is 0 Å². The van der Waals surface area contributed by atoms with E-state index in [-0.39, 0.29) is 18.0 Å². The predicted molar refractivity (Wildman–Crippen MR) is 69.1 cm³/mol. The number of sulfonamides is 1. The van der Waals surface area contributed by atoms with Crippen LogP contribution in [-0.4, -0.2) is 35.3 Å². The molecule has 0 aliphatic heterocycles. The Morgan fingerprint density at radius 1 is 1.40 bits per heavy atom. The maximum absolute atomic E-state index is 12.2. The van der Waals surface area contributed by atoms with E-state index in [4.69, 9.17) is 10.3 Å². The van der Waals surface area contributed by atoms with Crippen LogP contribution in [-0.2, 0) is 23.0 Å². The number of rotatable bonds is 6. The number of H-pyrrole nitrogens is 1. The van der Waals surface area contributed by atoms with Gasteiger partial charge < -0.3 is 10.3 Å². The van der Waals surface area contributed by atoms with Gasteiger partial charge in [-0.1, -0.05) is 5.16 Å².